The summed E-state index contributed by atoms with van der Waals surface area (Å²) >= 11 is 3.24. The molecule has 0 aliphatic carbocycles. The van der Waals surface area contributed by atoms with Crippen molar-refractivity contribution >= 4 is 15.9 Å². The number of hydrogen-bond acceptors (Lipinski definition) is 3. The van der Waals surface area contributed by atoms with Crippen LogP contribution in [0.25, 0.3) is 0 Å². The summed E-state index contributed by atoms with van der Waals surface area (Å²) in [6.07, 6.45) is 1.29. The third-order valence-electron chi connectivity index (χ3n) is 3.11. The highest BCUT2D eigenvalue weighted by atomic mass is 79.9. The Labute approximate surface area is 114 Å². The molecule has 0 radical (unpaired) electrons. The highest BCUT2D eigenvalue weighted by molar-refractivity contribution is 9.10. The summed E-state index contributed by atoms with van der Waals surface area (Å²) in [6.45, 7) is 0.778. The predicted molar refractivity (Wildman–Crippen MR) is 70.7 cm³/mol. The monoisotopic (exact) mass is 308 g/mol. The summed E-state index contributed by atoms with van der Waals surface area (Å²) in [5, 5.41) is 10.3. The van der Waals surface area contributed by atoms with Crippen molar-refractivity contribution in [3.05, 3.63) is 51.9 Å². The lowest BCUT2D eigenvalue weighted by molar-refractivity contribution is 0.187. The molecule has 2 aromatic rings. The largest absolute Gasteiger partial charge is 0.493 e. The van der Waals surface area contributed by atoms with E-state index < -0.39 is 6.10 Å². The fourth-order valence-corrected chi connectivity index (χ4v) is 2.51. The van der Waals surface area contributed by atoms with Gasteiger partial charge in [0.15, 0.2) is 4.67 Å². The summed E-state index contributed by atoms with van der Waals surface area (Å²) < 4.78 is 11.6. The van der Waals surface area contributed by atoms with Crippen LogP contribution < -0.4 is 4.74 Å². The molecule has 1 aliphatic heterocycles. The van der Waals surface area contributed by atoms with E-state index in [-0.39, 0.29) is 0 Å². The summed E-state index contributed by atoms with van der Waals surface area (Å²) in [5.74, 6) is 1.47. The van der Waals surface area contributed by atoms with Gasteiger partial charge in [-0.05, 0) is 64.2 Å². The molecule has 1 aromatic heterocycles. The van der Waals surface area contributed by atoms with Crippen molar-refractivity contribution in [3.63, 3.8) is 0 Å². The number of hydrogen-bond donors (Lipinski definition) is 1. The van der Waals surface area contributed by atoms with Gasteiger partial charge in [-0.15, -0.1) is 0 Å². The molecular weight excluding hydrogens is 296 g/mol. The Morgan fingerprint density at radius 2 is 2.11 bits per heavy atom. The molecule has 4 heteroatoms. The Morgan fingerprint density at radius 1 is 1.22 bits per heavy atom. The number of rotatable bonds is 2. The van der Waals surface area contributed by atoms with Gasteiger partial charge in [0.05, 0.1) is 6.61 Å². The van der Waals surface area contributed by atoms with Gasteiger partial charge in [0.2, 0.25) is 0 Å². The Hall–Kier alpha value is -1.26. The van der Waals surface area contributed by atoms with Gasteiger partial charge in [0, 0.05) is 0 Å². The lowest BCUT2D eigenvalue weighted by Crippen LogP contribution is -2.09. The number of ether oxygens (including phenoxy) is 1. The zero-order valence-electron chi connectivity index (χ0n) is 9.73. The minimum absolute atomic E-state index is 0.540. The first-order chi connectivity index (χ1) is 8.74. The van der Waals surface area contributed by atoms with E-state index in [9.17, 15) is 5.11 Å². The van der Waals surface area contributed by atoms with Gasteiger partial charge >= 0.3 is 0 Å². The van der Waals surface area contributed by atoms with Crippen molar-refractivity contribution in [2.45, 2.75) is 18.9 Å². The summed E-state index contributed by atoms with van der Waals surface area (Å²) in [6, 6.07) is 9.34. The topological polar surface area (TPSA) is 42.6 Å². The summed E-state index contributed by atoms with van der Waals surface area (Å²) in [4.78, 5) is 0. The SMILES string of the molecule is OC(c1ccc2c(c1)CCCO2)c1ccc(Br)o1. The maximum atomic E-state index is 10.3. The number of furan rings is 1. The molecule has 94 valence electrons. The minimum atomic E-state index is -0.733. The molecule has 0 saturated heterocycles. The molecule has 2 heterocycles. The average molecular weight is 309 g/mol. The molecule has 3 rings (SSSR count). The first kappa shape index (κ1) is 11.8. The summed E-state index contributed by atoms with van der Waals surface area (Å²) in [5.41, 5.74) is 1.99. The van der Waals surface area contributed by atoms with Crippen LogP contribution in [0.5, 0.6) is 5.75 Å². The lowest BCUT2D eigenvalue weighted by Gasteiger charge is -2.19. The maximum Gasteiger partial charge on any atom is 0.169 e. The second kappa shape index (κ2) is 4.78. The van der Waals surface area contributed by atoms with E-state index in [1.54, 1.807) is 12.1 Å². The Morgan fingerprint density at radius 3 is 2.89 bits per heavy atom. The van der Waals surface area contributed by atoms with Crippen LogP contribution in [0.3, 0.4) is 0 Å². The molecule has 0 saturated carbocycles. The molecule has 1 unspecified atom stereocenters. The molecule has 18 heavy (non-hydrogen) atoms. The lowest BCUT2D eigenvalue weighted by atomic mass is 10.00. The first-order valence-electron chi connectivity index (χ1n) is 5.93. The summed E-state index contributed by atoms with van der Waals surface area (Å²) in [7, 11) is 0. The zero-order chi connectivity index (χ0) is 12.5. The third-order valence-corrected chi connectivity index (χ3v) is 3.54. The number of aryl methyl sites for hydroxylation is 1. The normalized spacial score (nSPS) is 15.9. The van der Waals surface area contributed by atoms with Crippen LogP contribution in [0.2, 0.25) is 0 Å². The first-order valence-corrected chi connectivity index (χ1v) is 6.72. The Bertz CT molecular complexity index is 562. The average Bonchev–Trinajstić information content (AvgIpc) is 2.84. The van der Waals surface area contributed by atoms with Crippen molar-refractivity contribution in [1.82, 2.24) is 0 Å². The van der Waals surface area contributed by atoms with Crippen LogP contribution in [0.15, 0.2) is 39.4 Å². The molecule has 3 nitrogen and oxygen atoms in total. The second-order valence-electron chi connectivity index (χ2n) is 4.36. The predicted octanol–water partition coefficient (Wildman–Crippen LogP) is 3.45. The molecule has 0 bridgehead atoms. The molecular formula is C14H13BrO3. The van der Waals surface area contributed by atoms with E-state index in [0.29, 0.717) is 10.4 Å². The number of halogens is 1. The van der Waals surface area contributed by atoms with E-state index in [0.717, 1.165) is 36.3 Å². The molecule has 1 atom stereocenters. The molecule has 1 aromatic carbocycles. The quantitative estimate of drug-likeness (QED) is 0.924. The standard InChI is InChI=1S/C14H13BrO3/c15-13-6-5-12(18-13)14(16)10-3-4-11-9(8-10)2-1-7-17-11/h3-6,8,14,16H,1-2,7H2. The zero-order valence-corrected chi connectivity index (χ0v) is 11.3. The van der Waals surface area contributed by atoms with Gasteiger partial charge in [-0.1, -0.05) is 6.07 Å². The molecule has 1 N–H and O–H groups in total. The van der Waals surface area contributed by atoms with Gasteiger partial charge in [-0.2, -0.15) is 0 Å². The van der Waals surface area contributed by atoms with Crippen LogP contribution in [0, 0.1) is 0 Å². The second-order valence-corrected chi connectivity index (χ2v) is 5.15. The van der Waals surface area contributed by atoms with Gasteiger partial charge in [0.25, 0.3) is 0 Å². The fourth-order valence-electron chi connectivity index (χ4n) is 2.19. The van der Waals surface area contributed by atoms with Gasteiger partial charge in [0.1, 0.15) is 17.6 Å². The number of aliphatic hydroxyl groups is 1. The van der Waals surface area contributed by atoms with Crippen molar-refractivity contribution < 1.29 is 14.3 Å². The van der Waals surface area contributed by atoms with E-state index in [1.165, 1.54) is 0 Å². The van der Waals surface area contributed by atoms with Gasteiger partial charge in [-0.3, -0.25) is 0 Å². The van der Waals surface area contributed by atoms with Crippen molar-refractivity contribution in [3.8, 4) is 5.75 Å². The number of benzene rings is 1. The Balaban J connectivity index is 1.92. The van der Waals surface area contributed by atoms with Crippen LogP contribution in [0.1, 0.15) is 29.4 Å². The number of aliphatic hydroxyl groups excluding tert-OH is 1. The van der Waals surface area contributed by atoms with Gasteiger partial charge < -0.3 is 14.3 Å². The van der Waals surface area contributed by atoms with Crippen molar-refractivity contribution in [2.75, 3.05) is 6.61 Å². The van der Waals surface area contributed by atoms with Crippen molar-refractivity contribution in [2.24, 2.45) is 0 Å². The Kier molecular flexibility index (Phi) is 3.14. The molecule has 0 amide bonds. The highest BCUT2D eigenvalue weighted by Crippen LogP contribution is 2.31. The maximum absolute atomic E-state index is 10.3. The van der Waals surface area contributed by atoms with Crippen LogP contribution >= 0.6 is 15.9 Å². The molecule has 0 spiro atoms. The highest BCUT2D eigenvalue weighted by Gasteiger charge is 2.17. The smallest absolute Gasteiger partial charge is 0.169 e. The van der Waals surface area contributed by atoms with Crippen LogP contribution in [-0.4, -0.2) is 11.7 Å². The third kappa shape index (κ3) is 2.18. The van der Waals surface area contributed by atoms with E-state index >= 15 is 0 Å². The van der Waals surface area contributed by atoms with Gasteiger partial charge in [-0.25, -0.2) is 0 Å². The van der Waals surface area contributed by atoms with Crippen LogP contribution in [-0.2, 0) is 6.42 Å². The molecule has 0 fully saturated rings. The van der Waals surface area contributed by atoms with Crippen LogP contribution in [0.4, 0.5) is 0 Å². The minimum Gasteiger partial charge on any atom is -0.493 e. The number of fused-ring (bicyclic) bond motifs is 1. The molecule has 1 aliphatic rings. The van der Waals surface area contributed by atoms with E-state index in [4.69, 9.17) is 9.15 Å². The van der Waals surface area contributed by atoms with E-state index in [1.807, 2.05) is 18.2 Å². The van der Waals surface area contributed by atoms with E-state index in [2.05, 4.69) is 15.9 Å². The fraction of sp³-hybridized carbons (Fsp3) is 0.286. The van der Waals surface area contributed by atoms with Crippen molar-refractivity contribution in [1.29, 1.82) is 0 Å².